The predicted octanol–water partition coefficient (Wildman–Crippen LogP) is 3.76. The number of likely N-dealkylation sites (tertiary alicyclic amines) is 1. The van der Waals surface area contributed by atoms with Gasteiger partial charge < -0.3 is 15.2 Å². The standard InChI is InChI=1S/C23H32N2O2/c1-27-22-14-6-5-12-20(22)18-24-21-13-9-16-25(15-7-8-17-26)23(21)19-10-3-2-4-11-19/h2-6,10-12,14,21,23-24,26H,7-9,13,15-18H2,1H3/t21-,23-/m0/s1. The second-order valence-corrected chi connectivity index (χ2v) is 7.26. The molecule has 0 saturated carbocycles. The molecule has 3 rings (SSSR count). The first-order chi connectivity index (χ1) is 13.3. The van der Waals surface area contributed by atoms with Gasteiger partial charge in [0.25, 0.3) is 0 Å². The van der Waals surface area contributed by atoms with Crippen molar-refractivity contribution in [1.29, 1.82) is 0 Å². The zero-order chi connectivity index (χ0) is 18.9. The van der Waals surface area contributed by atoms with E-state index in [1.54, 1.807) is 7.11 Å². The Hall–Kier alpha value is -1.88. The van der Waals surface area contributed by atoms with E-state index in [4.69, 9.17) is 9.84 Å². The number of nitrogens with zero attached hydrogens (tertiary/aromatic N) is 1. The third-order valence-corrected chi connectivity index (χ3v) is 5.48. The summed E-state index contributed by atoms with van der Waals surface area (Å²) in [5.41, 5.74) is 2.57. The van der Waals surface area contributed by atoms with Crippen LogP contribution in [0.25, 0.3) is 0 Å². The van der Waals surface area contributed by atoms with E-state index in [-0.39, 0.29) is 6.61 Å². The maximum Gasteiger partial charge on any atom is 0.123 e. The van der Waals surface area contributed by atoms with Gasteiger partial charge in [0.1, 0.15) is 5.75 Å². The van der Waals surface area contributed by atoms with Gasteiger partial charge in [-0.15, -0.1) is 0 Å². The summed E-state index contributed by atoms with van der Waals surface area (Å²) < 4.78 is 5.51. The molecule has 27 heavy (non-hydrogen) atoms. The molecule has 1 heterocycles. The molecule has 0 amide bonds. The molecule has 2 aromatic rings. The predicted molar refractivity (Wildman–Crippen MR) is 110 cm³/mol. The number of para-hydroxylation sites is 1. The Morgan fingerprint density at radius 1 is 1.07 bits per heavy atom. The van der Waals surface area contributed by atoms with Gasteiger partial charge >= 0.3 is 0 Å². The molecule has 0 unspecified atom stereocenters. The molecule has 2 aromatic carbocycles. The third-order valence-electron chi connectivity index (χ3n) is 5.48. The monoisotopic (exact) mass is 368 g/mol. The first-order valence-corrected chi connectivity index (χ1v) is 10.1. The highest BCUT2D eigenvalue weighted by molar-refractivity contribution is 5.33. The normalized spacial score (nSPS) is 20.5. The Balaban J connectivity index is 1.74. The van der Waals surface area contributed by atoms with Crippen LogP contribution in [0.1, 0.15) is 42.9 Å². The van der Waals surface area contributed by atoms with Crippen molar-refractivity contribution in [3.8, 4) is 5.75 Å². The molecule has 4 nitrogen and oxygen atoms in total. The number of hydrogen-bond acceptors (Lipinski definition) is 4. The molecule has 0 radical (unpaired) electrons. The van der Waals surface area contributed by atoms with Crippen molar-refractivity contribution in [2.75, 3.05) is 26.8 Å². The fourth-order valence-electron chi connectivity index (χ4n) is 4.14. The lowest BCUT2D eigenvalue weighted by Gasteiger charge is -2.42. The molecule has 0 aromatic heterocycles. The summed E-state index contributed by atoms with van der Waals surface area (Å²) in [7, 11) is 1.73. The van der Waals surface area contributed by atoms with Crippen molar-refractivity contribution in [2.45, 2.75) is 44.3 Å². The minimum atomic E-state index is 0.277. The summed E-state index contributed by atoms with van der Waals surface area (Å²) in [6.45, 7) is 3.24. The molecule has 0 spiro atoms. The number of rotatable bonds is 9. The van der Waals surface area contributed by atoms with Crippen LogP contribution in [0.4, 0.5) is 0 Å². The van der Waals surface area contributed by atoms with E-state index < -0.39 is 0 Å². The number of nitrogens with one attached hydrogen (secondary N) is 1. The number of ether oxygens (including phenoxy) is 1. The van der Waals surface area contributed by atoms with Gasteiger partial charge in [0, 0.05) is 24.8 Å². The van der Waals surface area contributed by atoms with Gasteiger partial charge in [-0.05, 0) is 50.4 Å². The molecule has 2 N–H and O–H groups in total. The third kappa shape index (κ3) is 5.32. The van der Waals surface area contributed by atoms with Crippen LogP contribution < -0.4 is 10.1 Å². The van der Waals surface area contributed by atoms with Crippen LogP contribution in [0.2, 0.25) is 0 Å². The van der Waals surface area contributed by atoms with Crippen LogP contribution in [0.3, 0.4) is 0 Å². The Morgan fingerprint density at radius 2 is 1.85 bits per heavy atom. The second-order valence-electron chi connectivity index (χ2n) is 7.26. The lowest BCUT2D eigenvalue weighted by Crippen LogP contribution is -2.48. The number of aliphatic hydroxyl groups excluding tert-OH is 1. The zero-order valence-corrected chi connectivity index (χ0v) is 16.3. The van der Waals surface area contributed by atoms with Gasteiger partial charge in [0.15, 0.2) is 0 Å². The first kappa shape index (κ1) is 19.9. The van der Waals surface area contributed by atoms with E-state index in [0.717, 1.165) is 38.2 Å². The van der Waals surface area contributed by atoms with Crippen LogP contribution in [-0.2, 0) is 6.54 Å². The molecule has 1 saturated heterocycles. The highest BCUT2D eigenvalue weighted by atomic mass is 16.5. The number of piperidine rings is 1. The molecule has 1 aliphatic rings. The summed E-state index contributed by atoms with van der Waals surface area (Å²) in [4.78, 5) is 2.59. The van der Waals surface area contributed by atoms with Crippen LogP contribution in [0.15, 0.2) is 54.6 Å². The molecule has 0 bridgehead atoms. The highest BCUT2D eigenvalue weighted by Crippen LogP contribution is 2.32. The Labute approximate surface area is 163 Å². The van der Waals surface area contributed by atoms with Gasteiger partial charge in [0.2, 0.25) is 0 Å². The minimum absolute atomic E-state index is 0.277. The van der Waals surface area contributed by atoms with E-state index in [1.807, 2.05) is 12.1 Å². The van der Waals surface area contributed by atoms with Gasteiger partial charge in [-0.1, -0.05) is 48.5 Å². The van der Waals surface area contributed by atoms with Crippen molar-refractivity contribution >= 4 is 0 Å². The van der Waals surface area contributed by atoms with Crippen LogP contribution >= 0.6 is 0 Å². The maximum absolute atomic E-state index is 9.15. The van der Waals surface area contributed by atoms with E-state index in [0.29, 0.717) is 12.1 Å². The summed E-state index contributed by atoms with van der Waals surface area (Å²) >= 11 is 0. The van der Waals surface area contributed by atoms with E-state index in [9.17, 15) is 0 Å². The van der Waals surface area contributed by atoms with Gasteiger partial charge in [-0.2, -0.15) is 0 Å². The van der Waals surface area contributed by atoms with Crippen LogP contribution in [-0.4, -0.2) is 42.9 Å². The number of unbranched alkanes of at least 4 members (excludes halogenated alkanes) is 1. The first-order valence-electron chi connectivity index (χ1n) is 10.1. The Bertz CT molecular complexity index is 677. The lowest BCUT2D eigenvalue weighted by molar-refractivity contribution is 0.106. The fourth-order valence-corrected chi connectivity index (χ4v) is 4.14. The van der Waals surface area contributed by atoms with Gasteiger partial charge in [-0.25, -0.2) is 0 Å². The minimum Gasteiger partial charge on any atom is -0.496 e. The largest absolute Gasteiger partial charge is 0.496 e. The fraction of sp³-hybridized carbons (Fsp3) is 0.478. The second kappa shape index (κ2) is 10.5. The summed E-state index contributed by atoms with van der Waals surface area (Å²) in [5.74, 6) is 0.942. The highest BCUT2D eigenvalue weighted by Gasteiger charge is 2.32. The molecule has 2 atom stereocenters. The van der Waals surface area contributed by atoms with Crippen LogP contribution in [0, 0.1) is 0 Å². The van der Waals surface area contributed by atoms with Gasteiger partial charge in [-0.3, -0.25) is 4.90 Å². The number of methoxy groups -OCH3 is 1. The van der Waals surface area contributed by atoms with E-state index >= 15 is 0 Å². The topological polar surface area (TPSA) is 44.7 Å². The SMILES string of the molecule is COc1ccccc1CN[C@H]1CCCN(CCCCO)[C@H]1c1ccccc1. The molecular weight excluding hydrogens is 336 g/mol. The lowest BCUT2D eigenvalue weighted by atomic mass is 9.89. The van der Waals surface area contributed by atoms with Crippen molar-refractivity contribution in [3.63, 3.8) is 0 Å². The van der Waals surface area contributed by atoms with Gasteiger partial charge in [0.05, 0.1) is 13.2 Å². The number of aliphatic hydroxyl groups is 1. The average molecular weight is 369 g/mol. The van der Waals surface area contributed by atoms with Crippen molar-refractivity contribution in [2.24, 2.45) is 0 Å². The molecule has 1 fully saturated rings. The average Bonchev–Trinajstić information content (AvgIpc) is 2.73. The van der Waals surface area contributed by atoms with Crippen molar-refractivity contribution < 1.29 is 9.84 Å². The Kier molecular flexibility index (Phi) is 7.69. The summed E-state index contributed by atoms with van der Waals surface area (Å²) in [6, 6.07) is 19.8. The number of hydrogen-bond donors (Lipinski definition) is 2. The van der Waals surface area contributed by atoms with Crippen molar-refractivity contribution in [3.05, 3.63) is 65.7 Å². The molecule has 0 aliphatic carbocycles. The van der Waals surface area contributed by atoms with E-state index in [2.05, 4.69) is 52.7 Å². The quantitative estimate of drug-likeness (QED) is 0.662. The van der Waals surface area contributed by atoms with Crippen LogP contribution in [0.5, 0.6) is 5.75 Å². The molecular formula is C23H32N2O2. The zero-order valence-electron chi connectivity index (χ0n) is 16.3. The van der Waals surface area contributed by atoms with E-state index in [1.165, 1.54) is 24.0 Å². The van der Waals surface area contributed by atoms with Crippen molar-refractivity contribution in [1.82, 2.24) is 10.2 Å². The smallest absolute Gasteiger partial charge is 0.123 e. The number of benzene rings is 2. The molecule has 1 aliphatic heterocycles. The summed E-state index contributed by atoms with van der Waals surface area (Å²) in [6.07, 6.45) is 4.29. The molecule has 146 valence electrons. The Morgan fingerprint density at radius 3 is 2.63 bits per heavy atom. The molecule has 4 heteroatoms. The summed E-state index contributed by atoms with van der Waals surface area (Å²) in [5, 5.41) is 13.0. The maximum atomic E-state index is 9.15.